The number of sulfonamides is 1. The lowest BCUT2D eigenvalue weighted by molar-refractivity contribution is 0.601. The molecule has 0 aliphatic carbocycles. The molecular weight excluding hydrogens is 329 g/mol. The number of rotatable bonds is 4. The average Bonchev–Trinajstić information content (AvgIpc) is 2.44. The summed E-state index contributed by atoms with van der Waals surface area (Å²) in [4.78, 5) is 0.171. The molecule has 0 bridgehead atoms. The molecule has 2 aromatic carbocycles. The van der Waals surface area contributed by atoms with Crippen molar-refractivity contribution in [1.29, 1.82) is 0 Å². The largest absolute Gasteiger partial charge is 0.278 e. The van der Waals surface area contributed by atoms with Crippen molar-refractivity contribution in [3.05, 3.63) is 58.1 Å². The summed E-state index contributed by atoms with van der Waals surface area (Å²) in [5, 5.41) is 0.585. The second-order valence-electron chi connectivity index (χ2n) is 4.90. The molecule has 0 aromatic heterocycles. The van der Waals surface area contributed by atoms with E-state index in [2.05, 4.69) is 4.72 Å². The van der Waals surface area contributed by atoms with Crippen LogP contribution in [-0.2, 0) is 10.0 Å². The molecule has 2 rings (SSSR count). The summed E-state index contributed by atoms with van der Waals surface area (Å²) in [5.74, 6) is 0.204. The van der Waals surface area contributed by atoms with E-state index in [1.807, 2.05) is 13.8 Å². The maximum Gasteiger partial charge on any atom is 0.261 e. The van der Waals surface area contributed by atoms with Gasteiger partial charge in [0.15, 0.2) is 0 Å². The van der Waals surface area contributed by atoms with Gasteiger partial charge in [0.2, 0.25) is 0 Å². The lowest BCUT2D eigenvalue weighted by atomic mass is 10.0. The van der Waals surface area contributed by atoms with Crippen molar-refractivity contribution in [3.8, 4) is 0 Å². The monoisotopic (exact) mass is 343 g/mol. The molecule has 0 aliphatic heterocycles. The molecule has 0 radical (unpaired) electrons. The van der Waals surface area contributed by atoms with Crippen molar-refractivity contribution in [2.24, 2.45) is 0 Å². The zero-order chi connectivity index (χ0) is 15.6. The molecule has 112 valence electrons. The fraction of sp³-hybridized carbons (Fsp3) is 0.200. The van der Waals surface area contributed by atoms with Crippen LogP contribution in [-0.4, -0.2) is 8.42 Å². The van der Waals surface area contributed by atoms with Crippen LogP contribution in [0.3, 0.4) is 0 Å². The van der Waals surface area contributed by atoms with Crippen LogP contribution in [0.5, 0.6) is 0 Å². The van der Waals surface area contributed by atoms with Crippen LogP contribution >= 0.6 is 23.2 Å². The summed E-state index contributed by atoms with van der Waals surface area (Å²) in [6, 6.07) is 11.5. The Kier molecular flexibility index (Phi) is 4.81. The van der Waals surface area contributed by atoms with Crippen LogP contribution in [0.4, 0.5) is 5.69 Å². The minimum Gasteiger partial charge on any atom is -0.278 e. The van der Waals surface area contributed by atoms with Gasteiger partial charge < -0.3 is 0 Å². The Morgan fingerprint density at radius 3 is 2.14 bits per heavy atom. The van der Waals surface area contributed by atoms with Crippen LogP contribution in [0.15, 0.2) is 47.4 Å². The highest BCUT2D eigenvalue weighted by atomic mass is 35.5. The van der Waals surface area contributed by atoms with Gasteiger partial charge in [-0.2, -0.15) is 0 Å². The molecule has 2 aromatic rings. The number of anilines is 1. The van der Waals surface area contributed by atoms with E-state index in [1.165, 1.54) is 12.1 Å². The molecule has 0 saturated carbocycles. The van der Waals surface area contributed by atoms with E-state index in [4.69, 9.17) is 23.2 Å². The minimum atomic E-state index is -3.68. The van der Waals surface area contributed by atoms with Gasteiger partial charge in [0, 0.05) is 0 Å². The lowest BCUT2D eigenvalue weighted by Gasteiger charge is -2.14. The summed E-state index contributed by atoms with van der Waals surface area (Å²) in [7, 11) is -3.68. The SMILES string of the molecule is CC(C)c1ccc(NS(=O)(=O)c2ccccc2)c(Cl)c1Cl. The fourth-order valence-corrected chi connectivity index (χ4v) is 3.64. The van der Waals surface area contributed by atoms with E-state index in [1.54, 1.807) is 30.3 Å². The summed E-state index contributed by atoms with van der Waals surface area (Å²) < 4.78 is 27.0. The normalized spacial score (nSPS) is 11.7. The second-order valence-corrected chi connectivity index (χ2v) is 7.34. The van der Waals surface area contributed by atoms with E-state index in [9.17, 15) is 8.42 Å². The number of nitrogens with one attached hydrogen (secondary N) is 1. The highest BCUT2D eigenvalue weighted by molar-refractivity contribution is 7.92. The van der Waals surface area contributed by atoms with Gasteiger partial charge in [-0.3, -0.25) is 4.72 Å². The smallest absolute Gasteiger partial charge is 0.261 e. The van der Waals surface area contributed by atoms with Crippen LogP contribution in [0.1, 0.15) is 25.3 Å². The molecule has 0 heterocycles. The van der Waals surface area contributed by atoms with Gasteiger partial charge in [-0.15, -0.1) is 0 Å². The lowest BCUT2D eigenvalue weighted by Crippen LogP contribution is -2.13. The molecule has 0 unspecified atom stereocenters. The van der Waals surface area contributed by atoms with Gasteiger partial charge in [-0.05, 0) is 29.7 Å². The Morgan fingerprint density at radius 2 is 1.57 bits per heavy atom. The quantitative estimate of drug-likeness (QED) is 0.856. The van der Waals surface area contributed by atoms with E-state index in [-0.39, 0.29) is 21.5 Å². The average molecular weight is 344 g/mol. The molecule has 0 saturated heterocycles. The molecule has 1 N–H and O–H groups in total. The first-order chi connectivity index (χ1) is 9.83. The summed E-state index contributed by atoms with van der Waals surface area (Å²) in [6.07, 6.45) is 0. The van der Waals surface area contributed by atoms with Crippen LogP contribution in [0.2, 0.25) is 10.0 Å². The van der Waals surface area contributed by atoms with Crippen LogP contribution in [0.25, 0.3) is 0 Å². The highest BCUT2D eigenvalue weighted by Crippen LogP contribution is 2.37. The van der Waals surface area contributed by atoms with E-state index < -0.39 is 10.0 Å². The third-order valence-electron chi connectivity index (χ3n) is 3.03. The van der Waals surface area contributed by atoms with Crippen molar-refractivity contribution >= 4 is 38.9 Å². The zero-order valence-corrected chi connectivity index (χ0v) is 13.9. The maximum atomic E-state index is 12.3. The van der Waals surface area contributed by atoms with Gasteiger partial charge >= 0.3 is 0 Å². The highest BCUT2D eigenvalue weighted by Gasteiger charge is 2.18. The second kappa shape index (κ2) is 6.26. The predicted molar refractivity (Wildman–Crippen MR) is 87.8 cm³/mol. The van der Waals surface area contributed by atoms with Crippen molar-refractivity contribution in [3.63, 3.8) is 0 Å². The summed E-state index contributed by atoms with van der Waals surface area (Å²) >= 11 is 12.4. The van der Waals surface area contributed by atoms with Crippen LogP contribution < -0.4 is 4.72 Å². The Balaban J connectivity index is 2.39. The third-order valence-corrected chi connectivity index (χ3v) is 5.31. The molecule has 3 nitrogen and oxygen atoms in total. The van der Waals surface area contributed by atoms with Gasteiger partial charge in [0.05, 0.1) is 20.6 Å². The standard InChI is InChI=1S/C15H15Cl2NO2S/c1-10(2)12-8-9-13(15(17)14(12)16)18-21(19,20)11-6-4-3-5-7-11/h3-10,18H,1-2H3. The van der Waals surface area contributed by atoms with E-state index in [0.29, 0.717) is 5.02 Å². The van der Waals surface area contributed by atoms with Crippen LogP contribution in [0, 0.1) is 0 Å². The van der Waals surface area contributed by atoms with E-state index >= 15 is 0 Å². The topological polar surface area (TPSA) is 46.2 Å². The number of halogens is 2. The Morgan fingerprint density at radius 1 is 0.952 bits per heavy atom. The molecule has 0 aliphatic rings. The molecule has 6 heteroatoms. The zero-order valence-electron chi connectivity index (χ0n) is 11.6. The molecule has 0 spiro atoms. The van der Waals surface area contributed by atoms with Gasteiger partial charge in [-0.25, -0.2) is 8.42 Å². The van der Waals surface area contributed by atoms with Crippen molar-refractivity contribution in [1.82, 2.24) is 0 Å². The number of hydrogen-bond donors (Lipinski definition) is 1. The van der Waals surface area contributed by atoms with Gasteiger partial charge in [0.25, 0.3) is 10.0 Å². The number of hydrogen-bond acceptors (Lipinski definition) is 2. The predicted octanol–water partition coefficient (Wildman–Crippen LogP) is 4.92. The molecule has 0 fully saturated rings. The summed E-state index contributed by atoms with van der Waals surface area (Å²) in [6.45, 7) is 3.98. The Hall–Kier alpha value is -1.23. The fourth-order valence-electron chi connectivity index (χ4n) is 1.89. The number of benzene rings is 2. The first kappa shape index (κ1) is 16.1. The van der Waals surface area contributed by atoms with Crippen molar-refractivity contribution in [2.75, 3.05) is 4.72 Å². The maximum absolute atomic E-state index is 12.3. The van der Waals surface area contributed by atoms with Gasteiger partial charge in [0.1, 0.15) is 0 Å². The first-order valence-corrected chi connectivity index (χ1v) is 8.62. The first-order valence-electron chi connectivity index (χ1n) is 6.38. The summed E-state index contributed by atoms with van der Waals surface area (Å²) in [5.41, 5.74) is 1.15. The third kappa shape index (κ3) is 3.51. The van der Waals surface area contributed by atoms with Gasteiger partial charge in [-0.1, -0.05) is 61.3 Å². The molecular formula is C15H15Cl2NO2S. The Labute approximate surface area is 135 Å². The molecule has 0 amide bonds. The van der Waals surface area contributed by atoms with E-state index in [0.717, 1.165) is 5.56 Å². The minimum absolute atomic E-state index is 0.171. The van der Waals surface area contributed by atoms with Crippen molar-refractivity contribution < 1.29 is 8.42 Å². The molecule has 21 heavy (non-hydrogen) atoms. The van der Waals surface area contributed by atoms with Crippen molar-refractivity contribution in [2.45, 2.75) is 24.7 Å². The Bertz CT molecular complexity index is 744. The molecule has 0 atom stereocenters.